The molecule has 0 saturated heterocycles. The maximum Gasteiger partial charge on any atom is 0.123 e. The first-order valence-corrected chi connectivity index (χ1v) is 7.73. The highest BCUT2D eigenvalue weighted by Crippen LogP contribution is 2.35. The average molecular weight is 347 g/mol. The molecule has 2 aromatic rings. The van der Waals surface area contributed by atoms with Gasteiger partial charge in [-0.3, -0.25) is 0 Å². The SMILES string of the molecule is CC(NCCc1ccc(F)cc1)c1ccc(Cl)c(Cl)c1Cl. The van der Waals surface area contributed by atoms with E-state index in [4.69, 9.17) is 34.8 Å². The third kappa shape index (κ3) is 4.33. The standard InChI is InChI=1S/C16H15Cl3FN/c1-10(13-6-7-14(17)16(19)15(13)18)21-9-8-11-2-4-12(20)5-3-11/h2-7,10,21H,8-9H2,1H3. The van der Waals surface area contributed by atoms with Crippen molar-refractivity contribution in [3.63, 3.8) is 0 Å². The lowest BCUT2D eigenvalue weighted by molar-refractivity contribution is 0.576. The van der Waals surface area contributed by atoms with Gasteiger partial charge in [0.1, 0.15) is 5.82 Å². The first-order valence-electron chi connectivity index (χ1n) is 6.60. The molecule has 0 amide bonds. The van der Waals surface area contributed by atoms with E-state index in [0.29, 0.717) is 15.1 Å². The fourth-order valence-corrected chi connectivity index (χ4v) is 2.78. The molecule has 2 rings (SSSR count). The molecule has 5 heteroatoms. The molecule has 2 aromatic carbocycles. The summed E-state index contributed by atoms with van der Waals surface area (Å²) in [6.07, 6.45) is 0.809. The van der Waals surface area contributed by atoms with E-state index in [9.17, 15) is 4.39 Å². The topological polar surface area (TPSA) is 12.0 Å². The van der Waals surface area contributed by atoms with Crippen molar-refractivity contribution in [3.05, 3.63) is 68.4 Å². The molecule has 0 aromatic heterocycles. The maximum absolute atomic E-state index is 12.8. The second-order valence-electron chi connectivity index (χ2n) is 4.82. The molecule has 0 aliphatic carbocycles. The van der Waals surface area contributed by atoms with E-state index in [1.807, 2.05) is 13.0 Å². The summed E-state index contributed by atoms with van der Waals surface area (Å²) in [6, 6.07) is 10.2. The van der Waals surface area contributed by atoms with E-state index < -0.39 is 0 Å². The van der Waals surface area contributed by atoms with Gasteiger partial charge in [-0.2, -0.15) is 0 Å². The Kier molecular flexibility index (Phi) is 5.88. The Balaban J connectivity index is 1.94. The number of rotatable bonds is 5. The van der Waals surface area contributed by atoms with Crippen LogP contribution in [0.5, 0.6) is 0 Å². The molecule has 1 nitrogen and oxygen atoms in total. The first-order chi connectivity index (χ1) is 9.99. The van der Waals surface area contributed by atoms with Gasteiger partial charge in [-0.25, -0.2) is 4.39 Å². The highest BCUT2D eigenvalue weighted by atomic mass is 35.5. The van der Waals surface area contributed by atoms with E-state index in [0.717, 1.165) is 24.1 Å². The minimum Gasteiger partial charge on any atom is -0.310 e. The Morgan fingerprint density at radius 3 is 2.33 bits per heavy atom. The van der Waals surface area contributed by atoms with Crippen LogP contribution < -0.4 is 5.32 Å². The monoisotopic (exact) mass is 345 g/mol. The van der Waals surface area contributed by atoms with E-state index in [-0.39, 0.29) is 11.9 Å². The second kappa shape index (κ2) is 7.46. The lowest BCUT2D eigenvalue weighted by Crippen LogP contribution is -2.21. The van der Waals surface area contributed by atoms with Crippen LogP contribution in [0.2, 0.25) is 15.1 Å². The highest BCUT2D eigenvalue weighted by molar-refractivity contribution is 6.48. The van der Waals surface area contributed by atoms with Crippen molar-refractivity contribution in [2.75, 3.05) is 6.54 Å². The van der Waals surface area contributed by atoms with E-state index >= 15 is 0 Å². The molecule has 0 fully saturated rings. The summed E-state index contributed by atoms with van der Waals surface area (Å²) in [7, 11) is 0. The highest BCUT2D eigenvalue weighted by Gasteiger charge is 2.13. The molecule has 21 heavy (non-hydrogen) atoms. The van der Waals surface area contributed by atoms with Crippen molar-refractivity contribution >= 4 is 34.8 Å². The number of hydrogen-bond acceptors (Lipinski definition) is 1. The molecule has 1 N–H and O–H groups in total. The molecular formula is C16H15Cl3FN. The van der Waals surface area contributed by atoms with E-state index in [2.05, 4.69) is 5.32 Å². The van der Waals surface area contributed by atoms with Gasteiger partial charge in [0, 0.05) is 6.04 Å². The molecule has 0 bridgehead atoms. The lowest BCUT2D eigenvalue weighted by Gasteiger charge is -2.17. The van der Waals surface area contributed by atoms with Crippen LogP contribution in [0, 0.1) is 5.82 Å². The van der Waals surface area contributed by atoms with Crippen LogP contribution in [-0.2, 0) is 6.42 Å². The van der Waals surface area contributed by atoms with Crippen LogP contribution in [-0.4, -0.2) is 6.54 Å². The van der Waals surface area contributed by atoms with Crippen molar-refractivity contribution < 1.29 is 4.39 Å². The van der Waals surface area contributed by atoms with Crippen molar-refractivity contribution in [2.24, 2.45) is 0 Å². The number of benzene rings is 2. The van der Waals surface area contributed by atoms with Crippen molar-refractivity contribution in [3.8, 4) is 0 Å². The van der Waals surface area contributed by atoms with Gasteiger partial charge < -0.3 is 5.32 Å². The quantitative estimate of drug-likeness (QED) is 0.687. The number of halogens is 4. The lowest BCUT2D eigenvalue weighted by atomic mass is 10.1. The van der Waals surface area contributed by atoms with Gasteiger partial charge in [-0.05, 0) is 49.2 Å². The van der Waals surface area contributed by atoms with Crippen LogP contribution in [0.4, 0.5) is 4.39 Å². The zero-order chi connectivity index (χ0) is 15.4. The van der Waals surface area contributed by atoms with Gasteiger partial charge in [0.15, 0.2) is 0 Å². The molecule has 0 saturated carbocycles. The summed E-state index contributed by atoms with van der Waals surface area (Å²) in [5, 5.41) is 4.67. The summed E-state index contributed by atoms with van der Waals surface area (Å²) >= 11 is 18.2. The summed E-state index contributed by atoms with van der Waals surface area (Å²) < 4.78 is 12.8. The fraction of sp³-hybridized carbons (Fsp3) is 0.250. The normalized spacial score (nSPS) is 12.4. The second-order valence-corrected chi connectivity index (χ2v) is 5.98. The molecule has 0 radical (unpaired) electrons. The van der Waals surface area contributed by atoms with Gasteiger partial charge in [0.2, 0.25) is 0 Å². The molecule has 0 aliphatic heterocycles. The largest absolute Gasteiger partial charge is 0.310 e. The molecule has 0 spiro atoms. The molecule has 1 atom stereocenters. The first kappa shape index (κ1) is 16.6. The molecular weight excluding hydrogens is 332 g/mol. The summed E-state index contributed by atoms with van der Waals surface area (Å²) in [5.41, 5.74) is 1.99. The third-order valence-corrected chi connectivity index (χ3v) is 4.62. The third-order valence-electron chi connectivity index (χ3n) is 3.31. The van der Waals surface area contributed by atoms with Gasteiger partial charge in [-0.1, -0.05) is 53.0 Å². The van der Waals surface area contributed by atoms with Crippen molar-refractivity contribution in [2.45, 2.75) is 19.4 Å². The van der Waals surface area contributed by atoms with Gasteiger partial charge in [0.25, 0.3) is 0 Å². The van der Waals surface area contributed by atoms with Gasteiger partial charge >= 0.3 is 0 Å². The molecule has 0 heterocycles. The smallest absolute Gasteiger partial charge is 0.123 e. The number of nitrogens with one attached hydrogen (secondary N) is 1. The zero-order valence-electron chi connectivity index (χ0n) is 11.5. The average Bonchev–Trinajstić information content (AvgIpc) is 2.47. The van der Waals surface area contributed by atoms with Crippen molar-refractivity contribution in [1.82, 2.24) is 5.32 Å². The minimum absolute atomic E-state index is 0.0488. The van der Waals surface area contributed by atoms with Crippen LogP contribution in [0.25, 0.3) is 0 Å². The van der Waals surface area contributed by atoms with Gasteiger partial charge in [0.05, 0.1) is 15.1 Å². The van der Waals surface area contributed by atoms with Crippen LogP contribution in [0.1, 0.15) is 24.1 Å². The fourth-order valence-electron chi connectivity index (χ4n) is 2.07. The van der Waals surface area contributed by atoms with E-state index in [1.165, 1.54) is 12.1 Å². The Hall–Kier alpha value is -0.800. The Morgan fingerprint density at radius 2 is 1.67 bits per heavy atom. The Morgan fingerprint density at radius 1 is 1.00 bits per heavy atom. The summed E-state index contributed by atoms with van der Waals surface area (Å²) in [4.78, 5) is 0. The van der Waals surface area contributed by atoms with Crippen LogP contribution >= 0.6 is 34.8 Å². The van der Waals surface area contributed by atoms with Crippen LogP contribution in [0.15, 0.2) is 36.4 Å². The minimum atomic E-state index is -0.220. The number of hydrogen-bond donors (Lipinski definition) is 1. The van der Waals surface area contributed by atoms with Crippen molar-refractivity contribution in [1.29, 1.82) is 0 Å². The Labute approximate surface area is 139 Å². The van der Waals surface area contributed by atoms with Crippen LogP contribution in [0.3, 0.4) is 0 Å². The molecule has 112 valence electrons. The Bertz CT molecular complexity index is 614. The zero-order valence-corrected chi connectivity index (χ0v) is 13.7. The molecule has 1 unspecified atom stereocenters. The summed E-state index contributed by atoms with van der Waals surface area (Å²) in [5.74, 6) is -0.220. The molecule has 0 aliphatic rings. The predicted octanol–water partition coefficient (Wildman–Crippen LogP) is 5.68. The van der Waals surface area contributed by atoms with Gasteiger partial charge in [-0.15, -0.1) is 0 Å². The maximum atomic E-state index is 12.8. The summed E-state index contributed by atoms with van der Waals surface area (Å²) in [6.45, 7) is 2.76. The van der Waals surface area contributed by atoms with E-state index in [1.54, 1.807) is 18.2 Å². The predicted molar refractivity (Wildman–Crippen MR) is 88.0 cm³/mol.